The van der Waals surface area contributed by atoms with Crippen LogP contribution in [0.1, 0.15) is 27.6 Å². The summed E-state index contributed by atoms with van der Waals surface area (Å²) in [7, 11) is -2.51. The first-order chi connectivity index (χ1) is 11.9. The van der Waals surface area contributed by atoms with Crippen LogP contribution in [-0.2, 0) is 14.8 Å². The number of rotatable bonds is 4. The Morgan fingerprint density at radius 3 is 2.84 bits per heavy atom. The predicted molar refractivity (Wildman–Crippen MR) is 89.9 cm³/mol. The van der Waals surface area contributed by atoms with Gasteiger partial charge in [-0.25, -0.2) is 12.7 Å². The summed E-state index contributed by atoms with van der Waals surface area (Å²) in [6.07, 6.45) is 0. The number of piperazine rings is 1. The standard InChI is InChI=1S/C16H21N3O5S/c1-11-10-18(6-5-17-11)15(20)12-3-4-13-14(9-12)25(22,23)19(16(13)21)7-8-24-2/h3-4,9,11,17H,5-8,10H2,1-2H3/t11-/m1/s1. The van der Waals surface area contributed by atoms with E-state index in [9.17, 15) is 18.0 Å². The minimum Gasteiger partial charge on any atom is -0.383 e. The Hall–Kier alpha value is -1.97. The first-order valence-electron chi connectivity index (χ1n) is 8.09. The lowest BCUT2D eigenvalue weighted by atomic mass is 10.1. The number of methoxy groups -OCH3 is 1. The number of nitrogens with one attached hydrogen (secondary N) is 1. The first-order valence-corrected chi connectivity index (χ1v) is 9.53. The highest BCUT2D eigenvalue weighted by Gasteiger charge is 2.41. The number of carbonyl (C=O) groups is 2. The van der Waals surface area contributed by atoms with Crippen molar-refractivity contribution in [3.63, 3.8) is 0 Å². The fraction of sp³-hybridized carbons (Fsp3) is 0.500. The van der Waals surface area contributed by atoms with Crippen LogP contribution in [0.2, 0.25) is 0 Å². The van der Waals surface area contributed by atoms with Crippen LogP contribution < -0.4 is 5.32 Å². The van der Waals surface area contributed by atoms with Crippen molar-refractivity contribution in [2.45, 2.75) is 17.9 Å². The van der Waals surface area contributed by atoms with E-state index in [1.807, 2.05) is 6.92 Å². The highest BCUT2D eigenvalue weighted by Crippen LogP contribution is 2.31. The van der Waals surface area contributed by atoms with Crippen LogP contribution in [0, 0.1) is 0 Å². The van der Waals surface area contributed by atoms with Gasteiger partial charge >= 0.3 is 0 Å². The molecule has 2 amide bonds. The minimum atomic E-state index is -3.94. The van der Waals surface area contributed by atoms with Gasteiger partial charge in [-0.15, -0.1) is 0 Å². The number of hydrogen-bond acceptors (Lipinski definition) is 6. The lowest BCUT2D eigenvalue weighted by Crippen LogP contribution is -2.51. The molecular formula is C16H21N3O5S. The Kier molecular flexibility index (Phi) is 4.81. The van der Waals surface area contributed by atoms with Gasteiger partial charge in [0.1, 0.15) is 4.90 Å². The van der Waals surface area contributed by atoms with Crippen molar-refractivity contribution in [1.29, 1.82) is 0 Å². The van der Waals surface area contributed by atoms with E-state index >= 15 is 0 Å². The summed E-state index contributed by atoms with van der Waals surface area (Å²) in [6.45, 7) is 3.86. The van der Waals surface area contributed by atoms with Gasteiger partial charge in [0.05, 0.1) is 18.7 Å². The molecule has 0 spiro atoms. The summed E-state index contributed by atoms with van der Waals surface area (Å²) < 4.78 is 30.9. The summed E-state index contributed by atoms with van der Waals surface area (Å²) in [6, 6.07) is 4.42. The van der Waals surface area contributed by atoms with Crippen LogP contribution in [-0.4, -0.2) is 75.4 Å². The Bertz CT molecular complexity index is 808. The highest BCUT2D eigenvalue weighted by atomic mass is 32.2. The zero-order valence-corrected chi connectivity index (χ0v) is 15.0. The van der Waals surface area contributed by atoms with Gasteiger partial charge in [-0.2, -0.15) is 0 Å². The summed E-state index contributed by atoms with van der Waals surface area (Å²) in [5.74, 6) is -0.809. The van der Waals surface area contributed by atoms with Crippen molar-refractivity contribution in [3.8, 4) is 0 Å². The summed E-state index contributed by atoms with van der Waals surface area (Å²) in [5.41, 5.74) is 0.374. The molecule has 1 aromatic rings. The average Bonchev–Trinajstić information content (AvgIpc) is 2.78. The van der Waals surface area contributed by atoms with Crippen molar-refractivity contribution in [3.05, 3.63) is 29.3 Å². The van der Waals surface area contributed by atoms with Gasteiger partial charge in [0.2, 0.25) is 0 Å². The second-order valence-corrected chi connectivity index (χ2v) is 8.02. The lowest BCUT2D eigenvalue weighted by molar-refractivity contribution is 0.0708. The number of amides is 2. The fourth-order valence-electron chi connectivity index (χ4n) is 3.10. The predicted octanol–water partition coefficient (Wildman–Crippen LogP) is -0.0886. The molecule has 0 bridgehead atoms. The normalized spacial score (nSPS) is 22.2. The van der Waals surface area contributed by atoms with Crippen LogP contribution in [0.25, 0.3) is 0 Å². The SMILES string of the molecule is COCCN1C(=O)c2ccc(C(=O)N3CCN[C@H](C)C3)cc2S1(=O)=O. The Labute approximate surface area is 146 Å². The van der Waals surface area contributed by atoms with E-state index in [0.717, 1.165) is 4.31 Å². The van der Waals surface area contributed by atoms with Gasteiger partial charge in [0.25, 0.3) is 21.8 Å². The van der Waals surface area contributed by atoms with Crippen LogP contribution in [0.4, 0.5) is 0 Å². The molecule has 0 radical (unpaired) electrons. The maximum absolute atomic E-state index is 12.7. The molecule has 3 rings (SSSR count). The largest absolute Gasteiger partial charge is 0.383 e. The summed E-state index contributed by atoms with van der Waals surface area (Å²) in [4.78, 5) is 26.6. The molecule has 2 aliphatic rings. The zero-order valence-electron chi connectivity index (χ0n) is 14.2. The van der Waals surface area contributed by atoms with E-state index < -0.39 is 15.9 Å². The van der Waals surface area contributed by atoms with Gasteiger partial charge in [-0.05, 0) is 25.1 Å². The first kappa shape index (κ1) is 17.8. The number of carbonyl (C=O) groups excluding carboxylic acids is 2. The molecule has 1 N–H and O–H groups in total. The summed E-state index contributed by atoms with van der Waals surface area (Å²) in [5, 5.41) is 3.25. The molecule has 0 saturated carbocycles. The molecule has 0 unspecified atom stereocenters. The highest BCUT2D eigenvalue weighted by molar-refractivity contribution is 7.90. The Morgan fingerprint density at radius 1 is 1.40 bits per heavy atom. The molecule has 0 aromatic heterocycles. The number of sulfonamides is 1. The van der Waals surface area contributed by atoms with Crippen molar-refractivity contribution in [2.24, 2.45) is 0 Å². The van der Waals surface area contributed by atoms with E-state index in [2.05, 4.69) is 5.32 Å². The molecule has 2 heterocycles. The number of benzene rings is 1. The van der Waals surface area contributed by atoms with Gasteiger partial charge in [0.15, 0.2) is 0 Å². The van der Waals surface area contributed by atoms with Crippen LogP contribution in [0.3, 0.4) is 0 Å². The van der Waals surface area contributed by atoms with E-state index in [1.54, 1.807) is 4.90 Å². The van der Waals surface area contributed by atoms with E-state index in [0.29, 0.717) is 19.6 Å². The van der Waals surface area contributed by atoms with Crippen LogP contribution in [0.15, 0.2) is 23.1 Å². The fourth-order valence-corrected chi connectivity index (χ4v) is 4.68. The van der Waals surface area contributed by atoms with Gasteiger partial charge in [-0.3, -0.25) is 9.59 Å². The van der Waals surface area contributed by atoms with E-state index in [4.69, 9.17) is 4.74 Å². The summed E-state index contributed by atoms with van der Waals surface area (Å²) >= 11 is 0. The van der Waals surface area contributed by atoms with Gasteiger partial charge < -0.3 is 15.0 Å². The van der Waals surface area contributed by atoms with Crippen LogP contribution in [0.5, 0.6) is 0 Å². The van der Waals surface area contributed by atoms with Crippen molar-refractivity contribution >= 4 is 21.8 Å². The van der Waals surface area contributed by atoms with Crippen molar-refractivity contribution < 1.29 is 22.7 Å². The number of hydrogen-bond donors (Lipinski definition) is 1. The van der Waals surface area contributed by atoms with Gasteiger partial charge in [0, 0.05) is 38.3 Å². The average molecular weight is 367 g/mol. The third-order valence-electron chi connectivity index (χ3n) is 4.41. The molecule has 8 nitrogen and oxygen atoms in total. The third-order valence-corrected chi connectivity index (χ3v) is 6.23. The lowest BCUT2D eigenvalue weighted by Gasteiger charge is -2.32. The molecule has 1 saturated heterocycles. The van der Waals surface area contributed by atoms with Crippen LogP contribution >= 0.6 is 0 Å². The topological polar surface area (TPSA) is 96.0 Å². The Balaban J connectivity index is 1.91. The maximum Gasteiger partial charge on any atom is 0.269 e. The quantitative estimate of drug-likeness (QED) is 0.799. The number of fused-ring (bicyclic) bond motifs is 1. The molecular weight excluding hydrogens is 346 g/mol. The second kappa shape index (κ2) is 6.74. The molecule has 9 heteroatoms. The van der Waals surface area contributed by atoms with E-state index in [1.165, 1.54) is 25.3 Å². The molecule has 136 valence electrons. The Morgan fingerprint density at radius 2 is 2.16 bits per heavy atom. The number of ether oxygens (including phenoxy) is 1. The molecule has 0 aliphatic carbocycles. The molecule has 1 aromatic carbocycles. The maximum atomic E-state index is 12.7. The second-order valence-electron chi connectivity index (χ2n) is 6.19. The van der Waals surface area contributed by atoms with Crippen molar-refractivity contribution in [1.82, 2.24) is 14.5 Å². The molecule has 1 atom stereocenters. The number of nitrogens with zero attached hydrogens (tertiary/aromatic N) is 2. The monoisotopic (exact) mass is 367 g/mol. The molecule has 1 fully saturated rings. The van der Waals surface area contributed by atoms with E-state index in [-0.39, 0.29) is 41.1 Å². The molecule has 2 aliphatic heterocycles. The van der Waals surface area contributed by atoms with Crippen molar-refractivity contribution in [2.75, 3.05) is 39.9 Å². The third kappa shape index (κ3) is 3.14. The molecule has 25 heavy (non-hydrogen) atoms. The van der Waals surface area contributed by atoms with Gasteiger partial charge in [-0.1, -0.05) is 0 Å². The minimum absolute atomic E-state index is 0.0507. The smallest absolute Gasteiger partial charge is 0.269 e. The zero-order chi connectivity index (χ0) is 18.2.